The van der Waals surface area contributed by atoms with Crippen LogP contribution in [0, 0.1) is 23.6 Å². The maximum absolute atomic E-state index is 13.4. The molecule has 0 radical (unpaired) electrons. The van der Waals surface area contributed by atoms with Crippen LogP contribution in [0.1, 0.15) is 24.8 Å². The molecule has 3 atom stereocenters. The highest BCUT2D eigenvalue weighted by atomic mass is 35.5. The zero-order valence-corrected chi connectivity index (χ0v) is 11.0. The van der Waals surface area contributed by atoms with Gasteiger partial charge in [0.25, 0.3) is 0 Å². The van der Waals surface area contributed by atoms with Crippen molar-refractivity contribution < 1.29 is 4.39 Å². The monoisotopic (exact) mass is 268 g/mol. The van der Waals surface area contributed by atoms with Crippen LogP contribution in [0.25, 0.3) is 0 Å². The molecule has 0 aliphatic heterocycles. The molecule has 0 aromatic heterocycles. The van der Waals surface area contributed by atoms with E-state index < -0.39 is 0 Å². The second-order valence-electron chi connectivity index (χ2n) is 5.71. The number of fused-ring (bicyclic) bond motifs is 1. The van der Waals surface area contributed by atoms with Gasteiger partial charge in [-0.15, -0.1) is 0 Å². The highest BCUT2D eigenvalue weighted by Gasteiger charge is 2.47. The van der Waals surface area contributed by atoms with Gasteiger partial charge in [0.2, 0.25) is 0 Å². The molecule has 3 N–H and O–H groups in total. The third-order valence-corrected chi connectivity index (χ3v) is 4.81. The van der Waals surface area contributed by atoms with E-state index in [2.05, 4.69) is 5.43 Å². The Balaban J connectivity index is 1.67. The van der Waals surface area contributed by atoms with Gasteiger partial charge in [0.15, 0.2) is 0 Å². The molecular formula is C14H18ClFN2. The SMILES string of the molecule is NNC(Cc1ccc(Cl)c(F)c1)C1CC2CC2C1. The quantitative estimate of drug-likeness (QED) is 0.651. The van der Waals surface area contributed by atoms with Gasteiger partial charge in [-0.25, -0.2) is 4.39 Å². The zero-order chi connectivity index (χ0) is 12.7. The fourth-order valence-corrected chi connectivity index (χ4v) is 3.49. The minimum Gasteiger partial charge on any atom is -0.271 e. The summed E-state index contributed by atoms with van der Waals surface area (Å²) >= 11 is 5.69. The fourth-order valence-electron chi connectivity index (χ4n) is 3.37. The van der Waals surface area contributed by atoms with Crippen LogP contribution < -0.4 is 11.3 Å². The molecular weight excluding hydrogens is 251 g/mol. The smallest absolute Gasteiger partial charge is 0.142 e. The van der Waals surface area contributed by atoms with Gasteiger partial charge in [-0.1, -0.05) is 17.7 Å². The van der Waals surface area contributed by atoms with E-state index in [0.717, 1.165) is 23.8 Å². The molecule has 2 aliphatic carbocycles. The highest BCUT2D eigenvalue weighted by Crippen LogP contribution is 2.55. The van der Waals surface area contributed by atoms with Gasteiger partial charge in [0.05, 0.1) is 5.02 Å². The van der Waals surface area contributed by atoms with E-state index in [-0.39, 0.29) is 16.9 Å². The number of rotatable bonds is 4. The Kier molecular flexibility index (Phi) is 3.31. The Morgan fingerprint density at radius 2 is 2.06 bits per heavy atom. The summed E-state index contributed by atoms with van der Waals surface area (Å²) in [6.07, 6.45) is 4.73. The van der Waals surface area contributed by atoms with Gasteiger partial charge >= 0.3 is 0 Å². The predicted molar refractivity (Wildman–Crippen MR) is 70.5 cm³/mol. The van der Waals surface area contributed by atoms with Crippen molar-refractivity contribution in [2.45, 2.75) is 31.7 Å². The summed E-state index contributed by atoms with van der Waals surface area (Å²) in [5.41, 5.74) is 3.87. The summed E-state index contributed by atoms with van der Waals surface area (Å²) in [5.74, 6) is 7.82. The van der Waals surface area contributed by atoms with E-state index in [1.165, 1.54) is 25.3 Å². The lowest BCUT2D eigenvalue weighted by Gasteiger charge is -2.24. The Labute approximate surface area is 112 Å². The van der Waals surface area contributed by atoms with Crippen molar-refractivity contribution in [3.05, 3.63) is 34.6 Å². The van der Waals surface area contributed by atoms with Gasteiger partial charge in [-0.05, 0) is 61.1 Å². The van der Waals surface area contributed by atoms with Crippen molar-refractivity contribution in [3.8, 4) is 0 Å². The molecule has 0 amide bonds. The average molecular weight is 269 g/mol. The number of nitrogens with two attached hydrogens (primary N) is 1. The van der Waals surface area contributed by atoms with Gasteiger partial charge < -0.3 is 0 Å². The molecule has 4 heteroatoms. The molecule has 98 valence electrons. The van der Waals surface area contributed by atoms with Crippen LogP contribution in [0.2, 0.25) is 5.02 Å². The van der Waals surface area contributed by atoms with Crippen LogP contribution in [-0.2, 0) is 6.42 Å². The first-order chi connectivity index (χ1) is 8.67. The Morgan fingerprint density at radius 3 is 2.67 bits per heavy atom. The van der Waals surface area contributed by atoms with Crippen molar-refractivity contribution in [1.29, 1.82) is 0 Å². The second-order valence-corrected chi connectivity index (χ2v) is 6.12. The largest absolute Gasteiger partial charge is 0.271 e. The van der Waals surface area contributed by atoms with Crippen molar-refractivity contribution in [1.82, 2.24) is 5.43 Å². The lowest BCUT2D eigenvalue weighted by Crippen LogP contribution is -2.42. The molecule has 0 heterocycles. The van der Waals surface area contributed by atoms with Crippen molar-refractivity contribution in [2.24, 2.45) is 23.6 Å². The summed E-state index contributed by atoms with van der Waals surface area (Å²) in [5, 5.41) is 0.179. The van der Waals surface area contributed by atoms with E-state index >= 15 is 0 Å². The molecule has 0 bridgehead atoms. The third kappa shape index (κ3) is 2.40. The van der Waals surface area contributed by atoms with Crippen LogP contribution in [0.5, 0.6) is 0 Å². The second kappa shape index (κ2) is 4.80. The summed E-state index contributed by atoms with van der Waals surface area (Å²) in [7, 11) is 0. The standard InChI is InChI=1S/C14H18ClFN2/c15-12-2-1-8(3-13(12)16)4-14(18-17)11-6-9-5-10(9)7-11/h1-3,9-11,14,18H,4-7,17H2. The average Bonchev–Trinajstić information content (AvgIpc) is 2.97. The van der Waals surface area contributed by atoms with Gasteiger partial charge in [-0.3, -0.25) is 11.3 Å². The van der Waals surface area contributed by atoms with E-state index in [1.54, 1.807) is 6.07 Å². The molecule has 3 unspecified atom stereocenters. The molecule has 2 aliphatic rings. The number of nitrogens with one attached hydrogen (secondary N) is 1. The number of benzene rings is 1. The molecule has 18 heavy (non-hydrogen) atoms. The fraction of sp³-hybridized carbons (Fsp3) is 0.571. The van der Waals surface area contributed by atoms with Crippen LogP contribution >= 0.6 is 11.6 Å². The van der Waals surface area contributed by atoms with Crippen molar-refractivity contribution in [3.63, 3.8) is 0 Å². The first-order valence-electron chi connectivity index (χ1n) is 6.57. The number of hydrogen-bond acceptors (Lipinski definition) is 2. The van der Waals surface area contributed by atoms with E-state index in [9.17, 15) is 4.39 Å². The number of hydrazine groups is 1. The Hall–Kier alpha value is -0.640. The minimum absolute atomic E-state index is 0.179. The molecule has 2 saturated carbocycles. The molecule has 1 aromatic rings. The van der Waals surface area contributed by atoms with Crippen molar-refractivity contribution >= 4 is 11.6 Å². The molecule has 1 aromatic carbocycles. The predicted octanol–water partition coefficient (Wildman–Crippen LogP) is 2.90. The maximum Gasteiger partial charge on any atom is 0.142 e. The molecule has 3 rings (SSSR count). The van der Waals surface area contributed by atoms with Crippen LogP contribution in [0.15, 0.2) is 18.2 Å². The molecule has 2 fully saturated rings. The summed E-state index contributed by atoms with van der Waals surface area (Å²) in [6.45, 7) is 0. The van der Waals surface area contributed by atoms with Crippen LogP contribution in [0.3, 0.4) is 0 Å². The molecule has 2 nitrogen and oxygen atoms in total. The van der Waals surface area contributed by atoms with E-state index in [1.807, 2.05) is 6.07 Å². The topological polar surface area (TPSA) is 38.0 Å². The zero-order valence-electron chi connectivity index (χ0n) is 10.2. The first-order valence-corrected chi connectivity index (χ1v) is 6.95. The summed E-state index contributed by atoms with van der Waals surface area (Å²) in [6, 6.07) is 5.26. The minimum atomic E-state index is -0.348. The number of hydrogen-bond donors (Lipinski definition) is 2. The number of halogens is 2. The Bertz CT molecular complexity index is 441. The normalized spacial score (nSPS) is 31.2. The van der Waals surface area contributed by atoms with Gasteiger partial charge in [0.1, 0.15) is 5.82 Å². The highest BCUT2D eigenvalue weighted by molar-refractivity contribution is 6.30. The molecule has 0 saturated heterocycles. The lowest BCUT2D eigenvalue weighted by atomic mass is 9.90. The van der Waals surface area contributed by atoms with E-state index in [0.29, 0.717) is 5.92 Å². The Morgan fingerprint density at radius 1 is 1.33 bits per heavy atom. The lowest BCUT2D eigenvalue weighted by molar-refractivity contribution is 0.335. The van der Waals surface area contributed by atoms with E-state index in [4.69, 9.17) is 17.4 Å². The molecule has 0 spiro atoms. The van der Waals surface area contributed by atoms with Gasteiger partial charge in [0, 0.05) is 6.04 Å². The summed E-state index contributed by atoms with van der Waals surface area (Å²) < 4.78 is 13.4. The van der Waals surface area contributed by atoms with Crippen LogP contribution in [0.4, 0.5) is 4.39 Å². The van der Waals surface area contributed by atoms with Gasteiger partial charge in [-0.2, -0.15) is 0 Å². The van der Waals surface area contributed by atoms with Crippen LogP contribution in [-0.4, -0.2) is 6.04 Å². The first kappa shape index (κ1) is 12.4. The van der Waals surface area contributed by atoms with Crippen molar-refractivity contribution in [2.75, 3.05) is 0 Å². The maximum atomic E-state index is 13.4. The summed E-state index contributed by atoms with van der Waals surface area (Å²) in [4.78, 5) is 0. The third-order valence-electron chi connectivity index (χ3n) is 4.50.